The normalized spacial score (nSPS) is 12.8. The van der Waals surface area contributed by atoms with E-state index in [1.165, 1.54) is 19.6 Å². The van der Waals surface area contributed by atoms with Crippen LogP contribution in [-0.4, -0.2) is 43.3 Å². The summed E-state index contributed by atoms with van der Waals surface area (Å²) in [6, 6.07) is 22.7. The van der Waals surface area contributed by atoms with Gasteiger partial charge in [-0.3, -0.25) is 14.6 Å². The molecule has 0 saturated carbocycles. The number of halogens is 3. The van der Waals surface area contributed by atoms with E-state index in [0.29, 0.717) is 34.7 Å². The van der Waals surface area contributed by atoms with Crippen LogP contribution in [0.25, 0.3) is 11.3 Å². The van der Waals surface area contributed by atoms with Crippen molar-refractivity contribution in [2.24, 2.45) is 0 Å². The molecule has 0 radical (unpaired) electrons. The van der Waals surface area contributed by atoms with E-state index in [4.69, 9.17) is 4.79 Å². The lowest BCUT2D eigenvalue weighted by Gasteiger charge is -2.29. The topological polar surface area (TPSA) is 83.6 Å². The third-order valence-electron chi connectivity index (χ3n) is 7.66. The molecule has 48 heavy (non-hydrogen) atoms. The van der Waals surface area contributed by atoms with Gasteiger partial charge in [0.25, 0.3) is 12.4 Å². The molecule has 4 aromatic rings. The van der Waals surface area contributed by atoms with Crippen molar-refractivity contribution in [3.05, 3.63) is 107 Å². The number of thioether (sulfide) groups is 1. The van der Waals surface area contributed by atoms with Crippen LogP contribution in [0.1, 0.15) is 59.7 Å². The minimum absolute atomic E-state index is 0.196. The summed E-state index contributed by atoms with van der Waals surface area (Å²) in [4.78, 5) is 29.4. The molecule has 5 rings (SSSR count). The second kappa shape index (κ2) is 18.1. The van der Waals surface area contributed by atoms with E-state index in [0.717, 1.165) is 72.8 Å². The molecule has 1 fully saturated rings. The third-order valence-corrected chi connectivity index (χ3v) is 8.90. The Labute approximate surface area is 284 Å². The Morgan fingerprint density at radius 2 is 1.73 bits per heavy atom. The van der Waals surface area contributed by atoms with Crippen molar-refractivity contribution in [3.63, 3.8) is 0 Å². The standard InChI is InChI=1S/C35H37F3N4OS.C2H4O2/c1-2-18-44-24-26-9-6-10-27(19-26)34(43)41-32-13-12-30(42-16-4-3-5-17-42)22-31(32)33-21-29(14-15-39-33)40-23-25-8-7-11-28(20-25)35(36,37)38;1-4-2-3/h6-15,19-22H,2-5,16-18,23-24H2,1H3,(H,39,40)(H,41,43);2H,1H3. The lowest BCUT2D eigenvalue weighted by Crippen LogP contribution is -2.29. The number of ether oxygens (including phenoxy) is 1. The van der Waals surface area contributed by atoms with E-state index in [1.54, 1.807) is 18.3 Å². The molecule has 254 valence electrons. The molecule has 1 saturated heterocycles. The highest BCUT2D eigenvalue weighted by atomic mass is 32.2. The average molecular weight is 679 g/mol. The first-order valence-corrected chi connectivity index (χ1v) is 17.1. The van der Waals surface area contributed by atoms with Crippen LogP contribution >= 0.6 is 11.8 Å². The molecule has 3 aromatic carbocycles. The summed E-state index contributed by atoms with van der Waals surface area (Å²) in [5, 5.41) is 6.35. The summed E-state index contributed by atoms with van der Waals surface area (Å²) >= 11 is 1.85. The van der Waals surface area contributed by atoms with Crippen LogP contribution in [0.2, 0.25) is 0 Å². The number of carbonyl (C=O) groups is 2. The molecule has 2 N–H and O–H groups in total. The van der Waals surface area contributed by atoms with Gasteiger partial charge in [-0.2, -0.15) is 24.9 Å². The number of piperidine rings is 1. The predicted octanol–water partition coefficient (Wildman–Crippen LogP) is 9.05. The minimum atomic E-state index is -4.39. The van der Waals surface area contributed by atoms with Crippen molar-refractivity contribution >= 4 is 41.2 Å². The molecule has 1 aliphatic heterocycles. The first-order valence-electron chi connectivity index (χ1n) is 15.9. The quantitative estimate of drug-likeness (QED) is 0.114. The Hall–Kier alpha value is -4.51. The highest BCUT2D eigenvalue weighted by Gasteiger charge is 2.30. The largest absolute Gasteiger partial charge is 0.471 e. The number of hydrogen-bond acceptors (Lipinski definition) is 7. The highest BCUT2D eigenvalue weighted by Crippen LogP contribution is 2.34. The number of methoxy groups -OCH3 is 1. The summed E-state index contributed by atoms with van der Waals surface area (Å²) < 4.78 is 43.4. The van der Waals surface area contributed by atoms with E-state index in [1.807, 2.05) is 54.2 Å². The average Bonchev–Trinajstić information content (AvgIpc) is 3.11. The Morgan fingerprint density at radius 3 is 2.46 bits per heavy atom. The number of carbonyl (C=O) groups excluding carboxylic acids is 2. The SMILES string of the molecule is CCCSCc1cccc(C(=O)Nc2ccc(N3CCCCC3)cc2-c2cc(NCc3cccc(C(F)(F)F)c3)ccn2)c1.COC=O. The van der Waals surface area contributed by atoms with Crippen LogP contribution in [0.15, 0.2) is 85.1 Å². The number of pyridine rings is 1. The number of amides is 1. The van der Waals surface area contributed by atoms with Crippen LogP contribution in [0, 0.1) is 0 Å². The van der Waals surface area contributed by atoms with Crippen LogP contribution in [0.3, 0.4) is 0 Å². The lowest BCUT2D eigenvalue weighted by atomic mass is 10.0. The van der Waals surface area contributed by atoms with Gasteiger partial charge in [-0.05, 0) is 97.2 Å². The maximum absolute atomic E-state index is 13.4. The molecular formula is C37H41F3N4O3S. The van der Waals surface area contributed by atoms with E-state index >= 15 is 0 Å². The number of rotatable bonds is 12. The molecule has 0 spiro atoms. The lowest BCUT2D eigenvalue weighted by molar-refractivity contribution is -0.137. The molecule has 0 unspecified atom stereocenters. The van der Waals surface area contributed by atoms with Crippen molar-refractivity contribution < 1.29 is 27.5 Å². The fraction of sp³-hybridized carbons (Fsp3) is 0.324. The van der Waals surface area contributed by atoms with Gasteiger partial charge in [0.1, 0.15) is 0 Å². The third kappa shape index (κ3) is 10.8. The minimum Gasteiger partial charge on any atom is -0.471 e. The molecule has 2 heterocycles. The van der Waals surface area contributed by atoms with Gasteiger partial charge in [0.2, 0.25) is 0 Å². The zero-order valence-electron chi connectivity index (χ0n) is 27.2. The van der Waals surface area contributed by atoms with Crippen LogP contribution in [0.5, 0.6) is 0 Å². The molecule has 7 nitrogen and oxygen atoms in total. The zero-order valence-corrected chi connectivity index (χ0v) is 28.0. The van der Waals surface area contributed by atoms with Crippen molar-refractivity contribution in [1.29, 1.82) is 0 Å². The van der Waals surface area contributed by atoms with Crippen LogP contribution in [0.4, 0.5) is 30.2 Å². The second-order valence-electron chi connectivity index (χ2n) is 11.3. The molecule has 0 atom stereocenters. The smallest absolute Gasteiger partial charge is 0.416 e. The maximum atomic E-state index is 13.4. The van der Waals surface area contributed by atoms with E-state index < -0.39 is 11.7 Å². The Kier molecular flexibility index (Phi) is 13.7. The van der Waals surface area contributed by atoms with Crippen molar-refractivity contribution in [3.8, 4) is 11.3 Å². The summed E-state index contributed by atoms with van der Waals surface area (Å²) in [6.45, 7) is 4.69. The van der Waals surface area contributed by atoms with Gasteiger partial charge in [0.15, 0.2) is 0 Å². The highest BCUT2D eigenvalue weighted by molar-refractivity contribution is 7.98. The Balaban J connectivity index is 0.00000123. The van der Waals surface area contributed by atoms with E-state index in [9.17, 15) is 18.0 Å². The summed E-state index contributed by atoms with van der Waals surface area (Å²) in [5.74, 6) is 1.73. The first kappa shape index (κ1) is 36.3. The fourth-order valence-electron chi connectivity index (χ4n) is 5.28. The zero-order chi connectivity index (χ0) is 34.4. The fourth-order valence-corrected chi connectivity index (χ4v) is 6.13. The van der Waals surface area contributed by atoms with E-state index in [2.05, 4.69) is 38.2 Å². The number of aromatic nitrogens is 1. The number of benzene rings is 3. The second-order valence-corrected chi connectivity index (χ2v) is 12.4. The molecule has 1 aromatic heterocycles. The van der Waals surface area contributed by atoms with Crippen molar-refractivity contribution in [1.82, 2.24) is 4.98 Å². The molecule has 1 aliphatic rings. The Morgan fingerprint density at radius 1 is 0.979 bits per heavy atom. The number of hydrogen-bond donors (Lipinski definition) is 2. The number of alkyl halides is 3. The number of nitrogens with one attached hydrogen (secondary N) is 2. The molecule has 1 amide bonds. The van der Waals surface area contributed by atoms with Crippen molar-refractivity contribution in [2.45, 2.75) is 51.1 Å². The monoisotopic (exact) mass is 678 g/mol. The Bertz CT molecular complexity index is 1640. The van der Waals surface area contributed by atoms with Gasteiger partial charge in [-0.25, -0.2) is 0 Å². The number of anilines is 3. The van der Waals surface area contributed by atoms with E-state index in [-0.39, 0.29) is 12.5 Å². The van der Waals surface area contributed by atoms with Gasteiger partial charge < -0.3 is 20.3 Å². The molecule has 0 aliphatic carbocycles. The van der Waals surface area contributed by atoms with Gasteiger partial charge in [0, 0.05) is 54.1 Å². The summed E-state index contributed by atoms with van der Waals surface area (Å²) in [7, 11) is 1.31. The van der Waals surface area contributed by atoms with Gasteiger partial charge in [-0.15, -0.1) is 0 Å². The van der Waals surface area contributed by atoms with Crippen LogP contribution < -0.4 is 15.5 Å². The van der Waals surface area contributed by atoms with Gasteiger partial charge in [-0.1, -0.05) is 31.2 Å². The number of nitrogens with zero attached hydrogens (tertiary/aromatic N) is 2. The maximum Gasteiger partial charge on any atom is 0.416 e. The summed E-state index contributed by atoms with van der Waals surface area (Å²) in [5.41, 5.74) is 5.40. The predicted molar refractivity (Wildman–Crippen MR) is 188 cm³/mol. The van der Waals surface area contributed by atoms with Gasteiger partial charge >= 0.3 is 6.18 Å². The first-order chi connectivity index (χ1) is 23.2. The molecule has 11 heteroatoms. The molecule has 0 bridgehead atoms. The summed E-state index contributed by atoms with van der Waals surface area (Å²) in [6.07, 6.45) is 1.86. The van der Waals surface area contributed by atoms with Crippen LogP contribution in [-0.2, 0) is 28.0 Å². The van der Waals surface area contributed by atoms with Gasteiger partial charge in [0.05, 0.1) is 24.1 Å². The van der Waals surface area contributed by atoms with Crippen molar-refractivity contribution in [2.75, 3.05) is 41.5 Å². The molecular weight excluding hydrogens is 637 g/mol.